The Morgan fingerprint density at radius 1 is 1.67 bits per heavy atom. The predicted molar refractivity (Wildman–Crippen MR) is 45.8 cm³/mol. The molecule has 4 nitrogen and oxygen atoms in total. The standard InChI is InChI=1S/C9H6F2N2O2/c1-15-8-6(4-14)5(2-12)3-13-7(8)9(10)11/h3-4,9H,1H3. The molecule has 0 aliphatic rings. The lowest BCUT2D eigenvalue weighted by molar-refractivity contribution is 0.111. The largest absolute Gasteiger partial charge is 0.494 e. The predicted octanol–water partition coefficient (Wildman–Crippen LogP) is 1.71. The Bertz CT molecular complexity index is 427. The minimum Gasteiger partial charge on any atom is -0.494 e. The first-order chi connectivity index (χ1) is 7.15. The van der Waals surface area contributed by atoms with E-state index < -0.39 is 12.1 Å². The van der Waals surface area contributed by atoms with E-state index >= 15 is 0 Å². The number of methoxy groups -OCH3 is 1. The summed E-state index contributed by atoms with van der Waals surface area (Å²) in [6, 6.07) is 1.67. The highest BCUT2D eigenvalue weighted by atomic mass is 19.3. The molecule has 0 bridgehead atoms. The number of pyridine rings is 1. The van der Waals surface area contributed by atoms with E-state index in [1.54, 1.807) is 6.07 Å². The molecule has 1 aromatic heterocycles. The average Bonchev–Trinajstić information content (AvgIpc) is 2.26. The second-order valence-corrected chi connectivity index (χ2v) is 2.53. The molecule has 0 saturated heterocycles. The number of nitrogens with zero attached hydrogens (tertiary/aromatic N) is 2. The van der Waals surface area contributed by atoms with Crippen LogP contribution in [-0.4, -0.2) is 18.4 Å². The van der Waals surface area contributed by atoms with Crippen LogP contribution < -0.4 is 4.74 Å². The van der Waals surface area contributed by atoms with E-state index in [1.807, 2.05) is 0 Å². The van der Waals surface area contributed by atoms with Gasteiger partial charge in [-0.2, -0.15) is 5.26 Å². The normalized spacial score (nSPS) is 9.80. The molecule has 0 aromatic carbocycles. The van der Waals surface area contributed by atoms with Crippen molar-refractivity contribution in [3.05, 3.63) is 23.0 Å². The van der Waals surface area contributed by atoms with E-state index in [4.69, 9.17) is 5.26 Å². The monoisotopic (exact) mass is 212 g/mol. The molecule has 0 aliphatic carbocycles. The molecule has 1 heterocycles. The first kappa shape index (κ1) is 11.0. The summed E-state index contributed by atoms with van der Waals surface area (Å²) in [6.07, 6.45) is -1.63. The van der Waals surface area contributed by atoms with Gasteiger partial charge >= 0.3 is 0 Å². The lowest BCUT2D eigenvalue weighted by atomic mass is 10.1. The van der Waals surface area contributed by atoms with Gasteiger partial charge in [0.25, 0.3) is 6.43 Å². The highest BCUT2D eigenvalue weighted by Gasteiger charge is 2.21. The average molecular weight is 212 g/mol. The zero-order valence-electron chi connectivity index (χ0n) is 7.70. The number of alkyl halides is 2. The van der Waals surface area contributed by atoms with Gasteiger partial charge in [0.1, 0.15) is 11.8 Å². The maximum Gasteiger partial charge on any atom is 0.284 e. The minimum absolute atomic E-state index is 0.0914. The summed E-state index contributed by atoms with van der Waals surface area (Å²) >= 11 is 0. The van der Waals surface area contributed by atoms with Gasteiger partial charge in [-0.15, -0.1) is 0 Å². The van der Waals surface area contributed by atoms with Gasteiger partial charge in [0.05, 0.1) is 18.2 Å². The van der Waals surface area contributed by atoms with Crippen LogP contribution in [0.15, 0.2) is 6.20 Å². The van der Waals surface area contributed by atoms with Gasteiger partial charge in [0, 0.05) is 6.20 Å². The number of halogens is 2. The summed E-state index contributed by atoms with van der Waals surface area (Å²) in [5, 5.41) is 8.61. The van der Waals surface area contributed by atoms with Crippen molar-refractivity contribution in [2.24, 2.45) is 0 Å². The lowest BCUT2D eigenvalue weighted by Gasteiger charge is -2.09. The summed E-state index contributed by atoms with van der Waals surface area (Å²) in [5.74, 6) is -0.348. The first-order valence-corrected chi connectivity index (χ1v) is 3.86. The van der Waals surface area contributed by atoms with Crippen LogP contribution in [0, 0.1) is 11.3 Å². The Hall–Kier alpha value is -2.03. The minimum atomic E-state index is -2.86. The van der Waals surface area contributed by atoms with E-state index in [0.717, 1.165) is 13.3 Å². The summed E-state index contributed by atoms with van der Waals surface area (Å²) in [4.78, 5) is 14.0. The third-order valence-electron chi connectivity index (χ3n) is 1.75. The number of rotatable bonds is 3. The van der Waals surface area contributed by atoms with Crippen LogP contribution in [0.4, 0.5) is 8.78 Å². The molecule has 0 spiro atoms. The van der Waals surface area contributed by atoms with Crippen molar-refractivity contribution in [2.45, 2.75) is 6.43 Å². The van der Waals surface area contributed by atoms with Gasteiger partial charge in [-0.3, -0.25) is 4.79 Å². The second-order valence-electron chi connectivity index (χ2n) is 2.53. The third-order valence-corrected chi connectivity index (χ3v) is 1.75. The second kappa shape index (κ2) is 4.46. The smallest absolute Gasteiger partial charge is 0.284 e. The number of aromatic nitrogens is 1. The van der Waals surface area contributed by atoms with Crippen LogP contribution in [0.25, 0.3) is 0 Å². The Balaban J connectivity index is 3.49. The fraction of sp³-hybridized carbons (Fsp3) is 0.222. The van der Waals surface area contributed by atoms with E-state index in [1.165, 1.54) is 0 Å². The van der Waals surface area contributed by atoms with Crippen LogP contribution in [0.2, 0.25) is 0 Å². The molecular formula is C9H6F2N2O2. The Labute approximate surface area is 84.1 Å². The molecule has 0 amide bonds. The fourth-order valence-corrected chi connectivity index (χ4v) is 1.10. The Morgan fingerprint density at radius 3 is 2.73 bits per heavy atom. The van der Waals surface area contributed by atoms with Gasteiger partial charge in [0.2, 0.25) is 0 Å². The number of carbonyl (C=O) groups excluding carboxylic acids is 1. The van der Waals surface area contributed by atoms with Gasteiger partial charge in [0.15, 0.2) is 12.0 Å². The Kier molecular flexibility index (Phi) is 3.29. The number of hydrogen-bond acceptors (Lipinski definition) is 4. The van der Waals surface area contributed by atoms with Crippen molar-refractivity contribution < 1.29 is 18.3 Å². The molecule has 0 N–H and O–H groups in total. The topological polar surface area (TPSA) is 63.0 Å². The quantitative estimate of drug-likeness (QED) is 0.715. The highest BCUT2D eigenvalue weighted by Crippen LogP contribution is 2.30. The van der Waals surface area contributed by atoms with Crippen LogP contribution in [0.3, 0.4) is 0 Å². The van der Waals surface area contributed by atoms with E-state index in [0.29, 0.717) is 6.29 Å². The number of carbonyl (C=O) groups is 1. The zero-order valence-corrected chi connectivity index (χ0v) is 7.70. The number of aldehydes is 1. The highest BCUT2D eigenvalue weighted by molar-refractivity contribution is 5.83. The zero-order chi connectivity index (χ0) is 11.4. The molecule has 1 rings (SSSR count). The summed E-state index contributed by atoms with van der Waals surface area (Å²) in [7, 11) is 1.14. The van der Waals surface area contributed by atoms with Crippen molar-refractivity contribution in [3.63, 3.8) is 0 Å². The molecule has 0 aliphatic heterocycles. The number of nitriles is 1. The molecule has 0 saturated carbocycles. The van der Waals surface area contributed by atoms with Crippen LogP contribution >= 0.6 is 0 Å². The van der Waals surface area contributed by atoms with E-state index in [9.17, 15) is 13.6 Å². The van der Waals surface area contributed by atoms with Crippen molar-refractivity contribution in [1.29, 1.82) is 5.26 Å². The molecular weight excluding hydrogens is 206 g/mol. The molecule has 1 aromatic rings. The van der Waals surface area contributed by atoms with Crippen molar-refractivity contribution >= 4 is 6.29 Å². The molecule has 0 atom stereocenters. The van der Waals surface area contributed by atoms with Crippen molar-refractivity contribution in [2.75, 3.05) is 7.11 Å². The number of ether oxygens (including phenoxy) is 1. The molecule has 15 heavy (non-hydrogen) atoms. The molecule has 0 fully saturated rings. The van der Waals surface area contributed by atoms with E-state index in [-0.39, 0.29) is 16.9 Å². The van der Waals surface area contributed by atoms with Gasteiger partial charge < -0.3 is 4.74 Å². The van der Waals surface area contributed by atoms with Crippen LogP contribution in [-0.2, 0) is 0 Å². The fourth-order valence-electron chi connectivity index (χ4n) is 1.10. The van der Waals surface area contributed by atoms with Gasteiger partial charge in [-0.05, 0) is 0 Å². The number of hydrogen-bond donors (Lipinski definition) is 0. The summed E-state index contributed by atoms with van der Waals surface area (Å²) in [5.41, 5.74) is -0.935. The third kappa shape index (κ3) is 1.91. The first-order valence-electron chi connectivity index (χ1n) is 3.86. The summed E-state index contributed by atoms with van der Waals surface area (Å²) < 4.78 is 29.5. The van der Waals surface area contributed by atoms with Gasteiger partial charge in [-0.1, -0.05) is 0 Å². The SMILES string of the molecule is COc1c(C(F)F)ncc(C#N)c1C=O. The molecule has 0 radical (unpaired) electrons. The van der Waals surface area contributed by atoms with Gasteiger partial charge in [-0.25, -0.2) is 13.8 Å². The van der Waals surface area contributed by atoms with Crippen molar-refractivity contribution in [3.8, 4) is 11.8 Å². The summed E-state index contributed by atoms with van der Waals surface area (Å²) in [6.45, 7) is 0. The maximum atomic E-state index is 12.4. The molecule has 6 heteroatoms. The maximum absolute atomic E-state index is 12.4. The van der Waals surface area contributed by atoms with Crippen LogP contribution in [0.1, 0.15) is 28.0 Å². The Morgan fingerprint density at radius 2 is 2.33 bits per heavy atom. The van der Waals surface area contributed by atoms with Crippen LogP contribution in [0.5, 0.6) is 5.75 Å². The van der Waals surface area contributed by atoms with Crippen molar-refractivity contribution in [1.82, 2.24) is 4.98 Å². The molecule has 0 unspecified atom stereocenters. The lowest BCUT2D eigenvalue weighted by Crippen LogP contribution is -2.02. The molecule has 78 valence electrons. The van der Waals surface area contributed by atoms with E-state index in [2.05, 4.69) is 9.72 Å².